The number of rotatable bonds is 4. The zero-order valence-electron chi connectivity index (χ0n) is 10.6. The molecule has 1 aliphatic rings. The van der Waals surface area contributed by atoms with Gasteiger partial charge in [-0.3, -0.25) is 9.59 Å². The molecule has 0 aromatic heterocycles. The molecule has 0 radical (unpaired) electrons. The Morgan fingerprint density at radius 1 is 1.60 bits per heavy atom. The van der Waals surface area contributed by atoms with Crippen LogP contribution in [0.1, 0.15) is 6.42 Å². The van der Waals surface area contributed by atoms with Gasteiger partial charge in [-0.05, 0) is 18.2 Å². The number of hydrogen-bond acceptors (Lipinski definition) is 5. The monoisotopic (exact) mass is 313 g/mol. The number of amidine groups is 1. The molecule has 8 heteroatoms. The topological polar surface area (TPSA) is 93.8 Å². The number of nitrogens with two attached hydrogens (primary N) is 1. The number of carbonyl (C=O) groups is 2. The third-order valence-corrected chi connectivity index (χ3v) is 3.85. The molecule has 3 N–H and O–H groups in total. The van der Waals surface area contributed by atoms with Crippen molar-refractivity contribution in [3.63, 3.8) is 0 Å². The Bertz CT molecular complexity index is 591. The maximum Gasteiger partial charge on any atom is 0.262 e. The van der Waals surface area contributed by atoms with Gasteiger partial charge in [0.05, 0.1) is 12.1 Å². The summed E-state index contributed by atoms with van der Waals surface area (Å²) < 4.78 is 5.02. The predicted octanol–water partition coefficient (Wildman–Crippen LogP) is 1.63. The fourth-order valence-electron chi connectivity index (χ4n) is 1.66. The number of benzene rings is 1. The number of thioether (sulfide) groups is 1. The molecule has 0 spiro atoms. The lowest BCUT2D eigenvalue weighted by Crippen LogP contribution is -2.21. The van der Waals surface area contributed by atoms with E-state index in [1.54, 1.807) is 18.2 Å². The maximum atomic E-state index is 11.8. The van der Waals surface area contributed by atoms with Crippen LogP contribution in [0, 0.1) is 0 Å². The number of halogens is 1. The van der Waals surface area contributed by atoms with Crippen LogP contribution in [-0.4, -0.2) is 29.3 Å². The van der Waals surface area contributed by atoms with Gasteiger partial charge in [-0.25, -0.2) is 0 Å². The van der Waals surface area contributed by atoms with E-state index < -0.39 is 5.25 Å². The molecular weight excluding hydrogens is 302 g/mol. The largest absolute Gasteiger partial charge is 0.495 e. The van der Waals surface area contributed by atoms with Crippen LogP contribution < -0.4 is 15.8 Å². The van der Waals surface area contributed by atoms with E-state index in [2.05, 4.69) is 10.3 Å². The molecule has 1 atom stereocenters. The van der Waals surface area contributed by atoms with Crippen LogP contribution in [-0.2, 0) is 9.59 Å². The van der Waals surface area contributed by atoms with Crippen molar-refractivity contribution in [2.75, 3.05) is 12.4 Å². The lowest BCUT2D eigenvalue weighted by Gasteiger charge is -2.09. The van der Waals surface area contributed by atoms with Gasteiger partial charge >= 0.3 is 0 Å². The number of methoxy groups -OCH3 is 1. The van der Waals surface area contributed by atoms with E-state index in [0.717, 1.165) is 11.8 Å². The Kier molecular flexibility index (Phi) is 4.51. The fraction of sp³-hybridized carbons (Fsp3) is 0.250. The smallest absolute Gasteiger partial charge is 0.262 e. The van der Waals surface area contributed by atoms with Crippen LogP contribution in [0.4, 0.5) is 5.69 Å². The van der Waals surface area contributed by atoms with Crippen molar-refractivity contribution >= 4 is 46.0 Å². The molecule has 106 valence electrons. The quantitative estimate of drug-likeness (QED) is 0.881. The van der Waals surface area contributed by atoms with Gasteiger partial charge in [-0.1, -0.05) is 23.4 Å². The molecule has 0 saturated heterocycles. The fourth-order valence-corrected chi connectivity index (χ4v) is 2.74. The van der Waals surface area contributed by atoms with Crippen molar-refractivity contribution < 1.29 is 14.3 Å². The number of hydrogen-bond donors (Lipinski definition) is 2. The molecule has 0 aliphatic carbocycles. The summed E-state index contributed by atoms with van der Waals surface area (Å²) >= 11 is 7.05. The van der Waals surface area contributed by atoms with Gasteiger partial charge in [0.1, 0.15) is 11.0 Å². The molecule has 1 aromatic carbocycles. The summed E-state index contributed by atoms with van der Waals surface area (Å²) in [5.41, 5.74) is 5.96. The highest BCUT2D eigenvalue weighted by atomic mass is 35.5. The van der Waals surface area contributed by atoms with Crippen molar-refractivity contribution in [1.29, 1.82) is 0 Å². The average molecular weight is 314 g/mol. The lowest BCUT2D eigenvalue weighted by molar-refractivity contribution is -0.121. The van der Waals surface area contributed by atoms with E-state index in [9.17, 15) is 9.59 Å². The van der Waals surface area contributed by atoms with Gasteiger partial charge in [0.15, 0.2) is 5.17 Å². The normalized spacial score (nSPS) is 17.8. The highest BCUT2D eigenvalue weighted by molar-refractivity contribution is 8.15. The number of nitrogens with one attached hydrogen (secondary N) is 1. The highest BCUT2D eigenvalue weighted by Gasteiger charge is 2.29. The summed E-state index contributed by atoms with van der Waals surface area (Å²) in [6, 6.07) is 4.89. The standard InChI is InChI=1S/C12H12ClN3O3S/c1-19-8-3-2-6(4-7(8)13)15-10(17)5-9-11(18)16-12(14)20-9/h2-4,9H,5H2,1H3,(H,15,17)(H2,14,16,18)/t9-/m0/s1. The summed E-state index contributed by atoms with van der Waals surface area (Å²) in [6.45, 7) is 0. The summed E-state index contributed by atoms with van der Waals surface area (Å²) in [7, 11) is 1.51. The van der Waals surface area contributed by atoms with Crippen LogP contribution in [0.5, 0.6) is 5.75 Å². The number of aliphatic imine (C=N–C) groups is 1. The Labute approximate surface area is 124 Å². The zero-order valence-corrected chi connectivity index (χ0v) is 12.1. The third kappa shape index (κ3) is 3.43. The van der Waals surface area contributed by atoms with Gasteiger partial charge in [-0.2, -0.15) is 4.99 Å². The second kappa shape index (κ2) is 6.15. The molecule has 6 nitrogen and oxygen atoms in total. The first kappa shape index (κ1) is 14.7. The Morgan fingerprint density at radius 3 is 2.90 bits per heavy atom. The van der Waals surface area contributed by atoms with Gasteiger partial charge in [0.25, 0.3) is 5.91 Å². The van der Waals surface area contributed by atoms with Crippen molar-refractivity contribution in [3.8, 4) is 5.75 Å². The maximum absolute atomic E-state index is 11.8. The van der Waals surface area contributed by atoms with Crippen LogP contribution in [0.25, 0.3) is 0 Å². The van der Waals surface area contributed by atoms with Gasteiger partial charge < -0.3 is 15.8 Å². The summed E-state index contributed by atoms with van der Waals surface area (Å²) in [6.07, 6.45) is 0.0113. The van der Waals surface area contributed by atoms with Crippen LogP contribution in [0.15, 0.2) is 23.2 Å². The molecule has 1 aromatic rings. The number of nitrogens with zero attached hydrogens (tertiary/aromatic N) is 1. The van der Waals surface area contributed by atoms with E-state index in [-0.39, 0.29) is 23.4 Å². The van der Waals surface area contributed by atoms with E-state index >= 15 is 0 Å². The first-order valence-corrected chi connectivity index (χ1v) is 6.93. The minimum atomic E-state index is -0.552. The Hall–Kier alpha value is -1.73. The lowest BCUT2D eigenvalue weighted by atomic mass is 10.2. The van der Waals surface area contributed by atoms with E-state index in [1.807, 2.05) is 0 Å². The Balaban J connectivity index is 1.95. The molecule has 0 saturated carbocycles. The molecule has 2 rings (SSSR count). The molecule has 1 aliphatic heterocycles. The van der Waals surface area contributed by atoms with E-state index in [0.29, 0.717) is 16.5 Å². The van der Waals surface area contributed by atoms with Crippen molar-refractivity contribution in [3.05, 3.63) is 23.2 Å². The first-order chi connectivity index (χ1) is 9.49. The minimum absolute atomic E-state index is 0.0113. The number of anilines is 1. The summed E-state index contributed by atoms with van der Waals surface area (Å²) in [5, 5.41) is 2.70. The molecular formula is C12H12ClN3O3S. The SMILES string of the molecule is COc1ccc(NC(=O)C[C@@H]2SC(N)=NC2=O)cc1Cl. The molecule has 0 unspecified atom stereocenters. The molecule has 1 heterocycles. The molecule has 20 heavy (non-hydrogen) atoms. The summed E-state index contributed by atoms with van der Waals surface area (Å²) in [5.74, 6) is -0.162. The van der Waals surface area contributed by atoms with Crippen molar-refractivity contribution in [1.82, 2.24) is 0 Å². The number of ether oxygens (including phenoxy) is 1. The van der Waals surface area contributed by atoms with Gasteiger partial charge in [0.2, 0.25) is 5.91 Å². The van der Waals surface area contributed by atoms with Gasteiger partial charge in [0, 0.05) is 12.1 Å². The number of carbonyl (C=O) groups excluding carboxylic acids is 2. The Morgan fingerprint density at radius 2 is 2.35 bits per heavy atom. The van der Waals surface area contributed by atoms with Crippen LogP contribution in [0.2, 0.25) is 5.02 Å². The van der Waals surface area contributed by atoms with Crippen LogP contribution in [0.3, 0.4) is 0 Å². The first-order valence-electron chi connectivity index (χ1n) is 5.67. The summed E-state index contributed by atoms with van der Waals surface area (Å²) in [4.78, 5) is 26.8. The second-order valence-electron chi connectivity index (χ2n) is 4.00. The van der Waals surface area contributed by atoms with E-state index in [4.69, 9.17) is 22.1 Å². The second-order valence-corrected chi connectivity index (χ2v) is 5.63. The van der Waals surface area contributed by atoms with Crippen molar-refractivity contribution in [2.45, 2.75) is 11.7 Å². The van der Waals surface area contributed by atoms with Crippen LogP contribution >= 0.6 is 23.4 Å². The van der Waals surface area contributed by atoms with Crippen molar-refractivity contribution in [2.24, 2.45) is 10.7 Å². The zero-order chi connectivity index (χ0) is 14.7. The minimum Gasteiger partial charge on any atom is -0.495 e. The molecule has 0 fully saturated rings. The van der Waals surface area contributed by atoms with Gasteiger partial charge in [-0.15, -0.1) is 0 Å². The average Bonchev–Trinajstić information content (AvgIpc) is 2.68. The predicted molar refractivity (Wildman–Crippen MR) is 79.3 cm³/mol. The molecule has 0 bridgehead atoms. The third-order valence-electron chi connectivity index (χ3n) is 2.57. The molecule has 2 amide bonds. The highest BCUT2D eigenvalue weighted by Crippen LogP contribution is 2.28. The number of amides is 2. The van der Waals surface area contributed by atoms with E-state index in [1.165, 1.54) is 7.11 Å².